The van der Waals surface area contributed by atoms with Gasteiger partial charge in [0.2, 0.25) is 17.7 Å². The minimum Gasteiger partial charge on any atom is -0.465 e. The summed E-state index contributed by atoms with van der Waals surface area (Å²) in [7, 11) is 1.19. The number of rotatable bonds is 14. The zero-order chi connectivity index (χ0) is 36.3. The Hall–Kier alpha value is -4.53. The van der Waals surface area contributed by atoms with E-state index in [2.05, 4.69) is 26.6 Å². The van der Waals surface area contributed by atoms with Crippen LogP contribution in [0.3, 0.4) is 0 Å². The molecule has 0 aliphatic heterocycles. The predicted octanol–water partition coefficient (Wildman–Crippen LogP) is 4.01. The first-order valence-electron chi connectivity index (χ1n) is 15.5. The highest BCUT2D eigenvalue weighted by molar-refractivity contribution is 7.18. The second-order valence-electron chi connectivity index (χ2n) is 12.4. The zero-order valence-electron chi connectivity index (χ0n) is 28.8. The minimum atomic E-state index is -0.954. The summed E-state index contributed by atoms with van der Waals surface area (Å²) in [6.07, 6.45) is -0.355. The van der Waals surface area contributed by atoms with E-state index in [-0.39, 0.29) is 34.4 Å². The van der Waals surface area contributed by atoms with Crippen molar-refractivity contribution in [1.82, 2.24) is 21.3 Å². The fraction of sp³-hybridized carbons (Fsp3) is 0.515. The topological polar surface area (TPSA) is 181 Å². The van der Waals surface area contributed by atoms with E-state index in [9.17, 15) is 33.2 Å². The highest BCUT2D eigenvalue weighted by Gasteiger charge is 2.30. The van der Waals surface area contributed by atoms with Gasteiger partial charge in [-0.3, -0.25) is 19.2 Å². The molecule has 0 fully saturated rings. The van der Waals surface area contributed by atoms with Gasteiger partial charge in [0.25, 0.3) is 5.91 Å². The molecule has 5 N–H and O–H groups in total. The number of nitrogens with one attached hydrogen (secondary N) is 5. The summed E-state index contributed by atoms with van der Waals surface area (Å²) in [6.45, 7) is 13.4. The first-order valence-corrected chi connectivity index (χ1v) is 16.4. The minimum absolute atomic E-state index is 0.00905. The van der Waals surface area contributed by atoms with Crippen LogP contribution in [0.2, 0.25) is 0 Å². The van der Waals surface area contributed by atoms with E-state index in [1.165, 1.54) is 38.3 Å². The zero-order valence-corrected chi connectivity index (χ0v) is 29.6. The lowest BCUT2D eigenvalue weighted by Gasteiger charge is -2.26. The molecule has 0 aliphatic rings. The number of hydrogen-bond donors (Lipinski definition) is 5. The van der Waals surface area contributed by atoms with Gasteiger partial charge in [0, 0.05) is 13.1 Å². The van der Waals surface area contributed by atoms with Gasteiger partial charge >= 0.3 is 12.1 Å². The van der Waals surface area contributed by atoms with Crippen molar-refractivity contribution in [3.05, 3.63) is 51.7 Å². The van der Waals surface area contributed by atoms with Crippen molar-refractivity contribution < 1.29 is 42.6 Å². The first-order chi connectivity index (χ1) is 22.4. The molecule has 1 heterocycles. The van der Waals surface area contributed by atoms with Gasteiger partial charge in [-0.25, -0.2) is 14.0 Å². The molecule has 1 aromatic heterocycles. The van der Waals surface area contributed by atoms with Gasteiger partial charge in [-0.1, -0.05) is 32.9 Å². The third-order valence-corrected chi connectivity index (χ3v) is 8.27. The number of anilines is 1. The van der Waals surface area contributed by atoms with Crippen LogP contribution in [0.5, 0.6) is 0 Å². The van der Waals surface area contributed by atoms with Gasteiger partial charge in [-0.2, -0.15) is 0 Å². The van der Waals surface area contributed by atoms with Crippen molar-refractivity contribution >= 4 is 52.0 Å². The molecular formula is C33H46FN5O8S. The van der Waals surface area contributed by atoms with Gasteiger partial charge in [0.1, 0.15) is 28.5 Å². The van der Waals surface area contributed by atoms with Crippen molar-refractivity contribution in [2.45, 2.75) is 85.4 Å². The standard InChI is InChI=1S/C33H46FN5O8S/c1-10-22(20-11-13-21(34)14-12-20)27(41)39-30-23(31(44)46-9)18(4)25(48-30)29(43)36-16-15-35-26(40)19(5)37-28(42)24(17(2)3)38-32(45)47-33(6,7)8/h11-14,17,19,22,24H,10,15-16H2,1-9H3,(H,35,40)(H,36,43)(H,37,42)(H,38,45)(H,39,41). The summed E-state index contributed by atoms with van der Waals surface area (Å²) in [5.41, 5.74) is 0.179. The predicted molar refractivity (Wildman–Crippen MR) is 179 cm³/mol. The van der Waals surface area contributed by atoms with Crippen LogP contribution < -0.4 is 26.6 Å². The molecule has 0 bridgehead atoms. The number of hydrogen-bond acceptors (Lipinski definition) is 9. The van der Waals surface area contributed by atoms with Gasteiger partial charge in [0.15, 0.2) is 0 Å². The molecular weight excluding hydrogens is 645 g/mol. The molecule has 0 radical (unpaired) electrons. The second-order valence-corrected chi connectivity index (χ2v) is 13.4. The van der Waals surface area contributed by atoms with Crippen LogP contribution in [0.25, 0.3) is 0 Å². The van der Waals surface area contributed by atoms with Crippen molar-refractivity contribution in [2.24, 2.45) is 5.92 Å². The molecule has 0 saturated heterocycles. The van der Waals surface area contributed by atoms with Gasteiger partial charge in [-0.15, -0.1) is 11.3 Å². The molecule has 0 saturated carbocycles. The summed E-state index contributed by atoms with van der Waals surface area (Å²) in [5, 5.41) is 13.3. The fourth-order valence-corrected chi connectivity index (χ4v) is 5.68. The maximum absolute atomic E-state index is 13.4. The number of ether oxygens (including phenoxy) is 2. The van der Waals surface area contributed by atoms with Crippen molar-refractivity contribution in [2.75, 3.05) is 25.5 Å². The molecule has 0 aliphatic carbocycles. The number of methoxy groups -OCH3 is 1. The van der Waals surface area contributed by atoms with Crippen molar-refractivity contribution in [1.29, 1.82) is 0 Å². The van der Waals surface area contributed by atoms with Gasteiger partial charge in [-0.05, 0) is 70.2 Å². The third kappa shape index (κ3) is 11.3. The quantitative estimate of drug-likeness (QED) is 0.146. The van der Waals surface area contributed by atoms with E-state index < -0.39 is 65.1 Å². The van der Waals surface area contributed by atoms with Crippen LogP contribution in [0.1, 0.15) is 92.0 Å². The van der Waals surface area contributed by atoms with E-state index in [0.29, 0.717) is 17.5 Å². The van der Waals surface area contributed by atoms with Crippen LogP contribution in [0, 0.1) is 18.7 Å². The Balaban J connectivity index is 2.01. The number of amides is 5. The smallest absolute Gasteiger partial charge is 0.408 e. The number of alkyl carbamates (subject to hydrolysis) is 1. The average Bonchev–Trinajstić information content (AvgIpc) is 3.32. The Bertz CT molecular complexity index is 1490. The molecule has 13 nitrogen and oxygen atoms in total. The summed E-state index contributed by atoms with van der Waals surface area (Å²) >= 11 is 0.901. The highest BCUT2D eigenvalue weighted by Crippen LogP contribution is 2.35. The molecule has 3 unspecified atom stereocenters. The van der Waals surface area contributed by atoms with Crippen LogP contribution in [-0.2, 0) is 23.9 Å². The maximum Gasteiger partial charge on any atom is 0.408 e. The van der Waals surface area contributed by atoms with Gasteiger partial charge < -0.3 is 36.1 Å². The van der Waals surface area contributed by atoms with Crippen LogP contribution in [-0.4, -0.2) is 73.6 Å². The van der Waals surface area contributed by atoms with Crippen molar-refractivity contribution in [3.63, 3.8) is 0 Å². The molecule has 48 heavy (non-hydrogen) atoms. The van der Waals surface area contributed by atoms with E-state index in [4.69, 9.17) is 9.47 Å². The lowest BCUT2D eigenvalue weighted by molar-refractivity contribution is -0.130. The number of halogens is 1. The molecule has 3 atom stereocenters. The van der Waals surface area contributed by atoms with Gasteiger partial charge in [0.05, 0.1) is 23.5 Å². The molecule has 2 rings (SSSR count). The van der Waals surface area contributed by atoms with Crippen LogP contribution in [0.4, 0.5) is 14.2 Å². The number of benzene rings is 1. The van der Waals surface area contributed by atoms with E-state index in [1.807, 2.05) is 0 Å². The summed E-state index contributed by atoms with van der Waals surface area (Å²) in [4.78, 5) is 76.8. The monoisotopic (exact) mass is 691 g/mol. The van der Waals surface area contributed by atoms with Crippen LogP contribution >= 0.6 is 11.3 Å². The van der Waals surface area contributed by atoms with Crippen molar-refractivity contribution in [3.8, 4) is 0 Å². The molecule has 2 aromatic rings. The Morgan fingerprint density at radius 2 is 1.50 bits per heavy atom. The Labute approximate surface area is 284 Å². The highest BCUT2D eigenvalue weighted by atomic mass is 32.1. The average molecular weight is 692 g/mol. The maximum atomic E-state index is 13.4. The lowest BCUT2D eigenvalue weighted by Crippen LogP contribution is -2.55. The molecule has 1 aromatic carbocycles. The summed E-state index contributed by atoms with van der Waals surface area (Å²) in [6, 6.07) is 3.66. The number of esters is 1. The normalized spacial score (nSPS) is 13.1. The van der Waals surface area contributed by atoms with E-state index >= 15 is 0 Å². The molecule has 15 heteroatoms. The second kappa shape index (κ2) is 17.6. The Kier molecular flexibility index (Phi) is 14.5. The summed E-state index contributed by atoms with van der Waals surface area (Å²) in [5.74, 6) is -4.16. The Morgan fingerprint density at radius 3 is 2.04 bits per heavy atom. The fourth-order valence-electron chi connectivity index (χ4n) is 4.57. The number of carbonyl (C=O) groups is 6. The molecule has 5 amide bonds. The lowest BCUT2D eigenvalue weighted by atomic mass is 9.95. The largest absolute Gasteiger partial charge is 0.465 e. The first kappa shape index (κ1) is 39.6. The van der Waals surface area contributed by atoms with Crippen LogP contribution in [0.15, 0.2) is 24.3 Å². The SMILES string of the molecule is CCC(C(=O)Nc1sc(C(=O)NCCNC(=O)C(C)NC(=O)C(NC(=O)OC(C)(C)C)C(C)C)c(C)c1C(=O)OC)c1ccc(F)cc1. The third-order valence-electron chi connectivity index (χ3n) is 7.06. The summed E-state index contributed by atoms with van der Waals surface area (Å²) < 4.78 is 23.5. The molecule has 0 spiro atoms. The Morgan fingerprint density at radius 1 is 0.896 bits per heavy atom. The van der Waals surface area contributed by atoms with E-state index in [1.54, 1.807) is 48.5 Å². The number of carbonyl (C=O) groups excluding carboxylic acids is 6. The molecule has 264 valence electrons. The number of thiophene rings is 1. The van der Waals surface area contributed by atoms with E-state index in [0.717, 1.165) is 11.3 Å².